The van der Waals surface area contributed by atoms with Crippen LogP contribution in [0.5, 0.6) is 0 Å². The summed E-state index contributed by atoms with van der Waals surface area (Å²) in [5, 5.41) is 4.09. The molecule has 0 aromatic heterocycles. The summed E-state index contributed by atoms with van der Waals surface area (Å²) in [6, 6.07) is 0. The molecule has 1 rings (SSSR count). The minimum absolute atomic E-state index is 0.100. The van der Waals surface area contributed by atoms with Crippen molar-refractivity contribution in [2.75, 3.05) is 19.8 Å². The Balaban J connectivity index is 2.25. The molecule has 3 N–H and O–H groups in total. The number of esters is 1. The Morgan fingerprint density at radius 2 is 2.27 bits per heavy atom. The van der Waals surface area contributed by atoms with E-state index < -0.39 is 0 Å². The summed E-state index contributed by atoms with van der Waals surface area (Å²) in [6.45, 7) is 7.18. The van der Waals surface area contributed by atoms with Gasteiger partial charge in [-0.2, -0.15) is 5.10 Å². The van der Waals surface area contributed by atoms with Gasteiger partial charge in [-0.15, -0.1) is 0 Å². The molecule has 8 heteroatoms. The van der Waals surface area contributed by atoms with Crippen LogP contribution in [0.2, 0.25) is 0 Å². The van der Waals surface area contributed by atoms with Gasteiger partial charge < -0.3 is 19.9 Å². The van der Waals surface area contributed by atoms with Gasteiger partial charge in [-0.25, -0.2) is 0 Å². The fourth-order valence-corrected chi connectivity index (χ4v) is 2.15. The minimum Gasteiger partial charge on any atom is -0.460 e. The van der Waals surface area contributed by atoms with Gasteiger partial charge >= 0.3 is 5.97 Å². The first kappa shape index (κ1) is 18.8. The molecule has 0 bridgehead atoms. The monoisotopic (exact) mass is 331 g/mol. The van der Waals surface area contributed by atoms with E-state index in [4.69, 9.17) is 19.9 Å². The number of nitrogens with one attached hydrogen (secondary N) is 1. The maximum atomic E-state index is 11.8. The van der Waals surface area contributed by atoms with Crippen LogP contribution >= 0.6 is 12.2 Å². The Morgan fingerprint density at radius 3 is 2.91 bits per heavy atom. The number of carbonyl (C=O) groups excluding carboxylic acids is 1. The van der Waals surface area contributed by atoms with E-state index in [0.717, 1.165) is 5.71 Å². The lowest BCUT2D eigenvalue weighted by atomic mass is 9.99. The molecule has 1 aliphatic heterocycles. The van der Waals surface area contributed by atoms with Crippen molar-refractivity contribution in [3.8, 4) is 0 Å². The number of carbonyl (C=O) groups is 1. The van der Waals surface area contributed by atoms with Crippen molar-refractivity contribution in [1.82, 2.24) is 5.43 Å². The highest BCUT2D eigenvalue weighted by molar-refractivity contribution is 7.80. The van der Waals surface area contributed by atoms with Gasteiger partial charge in [-0.3, -0.25) is 10.2 Å². The Bertz CT molecular complexity index is 415. The predicted molar refractivity (Wildman–Crippen MR) is 87.5 cm³/mol. The summed E-state index contributed by atoms with van der Waals surface area (Å²) >= 11 is 4.66. The summed E-state index contributed by atoms with van der Waals surface area (Å²) in [5.74, 6) is -0.408. The van der Waals surface area contributed by atoms with E-state index in [1.54, 1.807) is 0 Å². The number of cyclic esters (lactones) is 1. The second-order valence-corrected chi connectivity index (χ2v) is 5.95. The first-order chi connectivity index (χ1) is 10.4. The fraction of sp³-hybridized carbons (Fsp3) is 0.786. The van der Waals surface area contributed by atoms with Crippen LogP contribution in [0.4, 0.5) is 0 Å². The van der Waals surface area contributed by atoms with Gasteiger partial charge in [0, 0.05) is 18.6 Å². The largest absolute Gasteiger partial charge is 0.460 e. The molecule has 0 amide bonds. The molecule has 1 fully saturated rings. The molecule has 22 heavy (non-hydrogen) atoms. The first-order valence-corrected chi connectivity index (χ1v) is 7.77. The molecule has 1 aliphatic rings. The molecule has 0 unspecified atom stereocenters. The summed E-state index contributed by atoms with van der Waals surface area (Å²) < 4.78 is 16.1. The average molecular weight is 331 g/mol. The average Bonchev–Trinajstić information content (AvgIpc) is 2.76. The smallest absolute Gasteiger partial charge is 0.309 e. The summed E-state index contributed by atoms with van der Waals surface area (Å²) in [6.07, 6.45) is 1.13. The summed E-state index contributed by atoms with van der Waals surface area (Å²) in [4.78, 5) is 11.8. The second kappa shape index (κ2) is 9.70. The van der Waals surface area contributed by atoms with Crippen molar-refractivity contribution >= 4 is 29.0 Å². The van der Waals surface area contributed by atoms with E-state index in [9.17, 15) is 4.79 Å². The van der Waals surface area contributed by atoms with Crippen LogP contribution in [0.15, 0.2) is 5.10 Å². The molecule has 0 spiro atoms. The summed E-state index contributed by atoms with van der Waals surface area (Å²) in [7, 11) is 0. The molecule has 0 aliphatic carbocycles. The Hall–Kier alpha value is -1.25. The van der Waals surface area contributed by atoms with Crippen molar-refractivity contribution in [2.45, 2.75) is 45.8 Å². The van der Waals surface area contributed by atoms with E-state index in [-0.39, 0.29) is 29.2 Å². The van der Waals surface area contributed by atoms with Crippen molar-refractivity contribution in [3.63, 3.8) is 0 Å². The topological polar surface area (TPSA) is 95.2 Å². The number of nitrogens with zero attached hydrogens (tertiary/aromatic N) is 1. The summed E-state index contributed by atoms with van der Waals surface area (Å²) in [5.41, 5.74) is 8.55. The fourth-order valence-electron chi connectivity index (χ4n) is 2.10. The second-order valence-electron chi connectivity index (χ2n) is 5.51. The molecular weight excluding hydrogens is 306 g/mol. The number of thiocarbonyl (C=S) groups is 1. The van der Waals surface area contributed by atoms with Crippen LogP contribution in [-0.2, 0) is 19.0 Å². The molecule has 0 radical (unpaired) electrons. The van der Waals surface area contributed by atoms with Crippen LogP contribution in [-0.4, -0.2) is 48.8 Å². The van der Waals surface area contributed by atoms with Crippen LogP contribution < -0.4 is 11.2 Å². The zero-order chi connectivity index (χ0) is 16.5. The Kier molecular flexibility index (Phi) is 8.29. The van der Waals surface area contributed by atoms with Gasteiger partial charge in [-0.1, -0.05) is 0 Å². The maximum absolute atomic E-state index is 11.8. The van der Waals surface area contributed by atoms with Gasteiger partial charge in [0.2, 0.25) is 0 Å². The number of hydrazone groups is 1. The number of hydrogen-bond donors (Lipinski definition) is 2. The lowest BCUT2D eigenvalue weighted by molar-refractivity contribution is -0.146. The first-order valence-electron chi connectivity index (χ1n) is 7.37. The number of nitrogens with two attached hydrogens (primary N) is 1. The number of hydrogen-bond acceptors (Lipinski definition) is 6. The normalized spacial score (nSPS) is 22.0. The van der Waals surface area contributed by atoms with Crippen LogP contribution in [0.3, 0.4) is 0 Å². The van der Waals surface area contributed by atoms with E-state index in [0.29, 0.717) is 32.7 Å². The van der Waals surface area contributed by atoms with Gasteiger partial charge in [0.25, 0.3) is 0 Å². The standard InChI is InChI=1S/C14H25N3O4S/c1-9(2)20-5-4-19-8-12-7-11(13(18)21-12)6-10(3)16-17-14(15)22/h9,11-12H,4-8H2,1-3H3,(H3,15,17,22)/b16-10+/t11-,12+/m0/s1. The molecule has 7 nitrogen and oxygen atoms in total. The lowest BCUT2D eigenvalue weighted by Crippen LogP contribution is -2.25. The highest BCUT2D eigenvalue weighted by atomic mass is 32.1. The molecule has 1 heterocycles. The predicted octanol–water partition coefficient (Wildman–Crippen LogP) is 0.959. The molecule has 0 aromatic rings. The molecule has 1 saturated heterocycles. The molecule has 0 aromatic carbocycles. The minimum atomic E-state index is -0.211. The lowest BCUT2D eigenvalue weighted by Gasteiger charge is -2.11. The van der Waals surface area contributed by atoms with Crippen molar-refractivity contribution < 1.29 is 19.0 Å². The van der Waals surface area contributed by atoms with E-state index in [1.165, 1.54) is 0 Å². The number of ether oxygens (including phenoxy) is 3. The quantitative estimate of drug-likeness (QED) is 0.214. The van der Waals surface area contributed by atoms with Gasteiger partial charge in [0.05, 0.1) is 31.8 Å². The third kappa shape index (κ3) is 7.67. The molecular formula is C14H25N3O4S. The third-order valence-electron chi connectivity index (χ3n) is 3.04. The van der Waals surface area contributed by atoms with Crippen molar-refractivity contribution in [1.29, 1.82) is 0 Å². The van der Waals surface area contributed by atoms with Crippen LogP contribution in [0, 0.1) is 5.92 Å². The van der Waals surface area contributed by atoms with E-state index in [2.05, 4.69) is 22.7 Å². The number of rotatable bonds is 9. The van der Waals surface area contributed by atoms with Gasteiger partial charge in [-0.05, 0) is 33.0 Å². The molecule has 126 valence electrons. The molecule has 2 atom stereocenters. The zero-order valence-electron chi connectivity index (χ0n) is 13.3. The van der Waals surface area contributed by atoms with E-state index >= 15 is 0 Å². The van der Waals surface area contributed by atoms with Crippen molar-refractivity contribution in [2.24, 2.45) is 16.8 Å². The SMILES string of the molecule is C/C(C[C@H]1C[C@H](COCCOC(C)C)OC1=O)=N\NC(N)=S. The van der Waals surface area contributed by atoms with Crippen LogP contribution in [0.25, 0.3) is 0 Å². The third-order valence-corrected chi connectivity index (χ3v) is 3.14. The Labute approximate surface area is 136 Å². The highest BCUT2D eigenvalue weighted by Crippen LogP contribution is 2.24. The van der Waals surface area contributed by atoms with Gasteiger partial charge in [0.15, 0.2) is 5.11 Å². The van der Waals surface area contributed by atoms with Gasteiger partial charge in [0.1, 0.15) is 6.10 Å². The van der Waals surface area contributed by atoms with E-state index in [1.807, 2.05) is 20.8 Å². The Morgan fingerprint density at radius 1 is 1.55 bits per heavy atom. The van der Waals surface area contributed by atoms with Crippen molar-refractivity contribution in [3.05, 3.63) is 0 Å². The molecule has 0 saturated carbocycles. The maximum Gasteiger partial charge on any atom is 0.309 e. The van der Waals surface area contributed by atoms with Crippen LogP contribution in [0.1, 0.15) is 33.6 Å². The highest BCUT2D eigenvalue weighted by Gasteiger charge is 2.34. The zero-order valence-corrected chi connectivity index (χ0v) is 14.1.